The van der Waals surface area contributed by atoms with Crippen LogP contribution in [0.4, 0.5) is 0 Å². The van der Waals surface area contributed by atoms with Crippen molar-refractivity contribution < 1.29 is 9.59 Å². The molecule has 2 heterocycles. The molecule has 0 bridgehead atoms. The second-order valence-electron chi connectivity index (χ2n) is 7.04. The number of pyridine rings is 1. The summed E-state index contributed by atoms with van der Waals surface area (Å²) in [6.07, 6.45) is 5.10. The Morgan fingerprint density at radius 1 is 1.15 bits per heavy atom. The highest BCUT2D eigenvalue weighted by Gasteiger charge is 2.28. The first kappa shape index (κ1) is 18.1. The first-order valence-electron chi connectivity index (χ1n) is 9.07. The standard InChI is InChI=1S/C21H25N3O2/c1-15-10-16(2)12-19(11-15)21(26)24-9-3-4-18(14-24)20(25)23-13-17-5-7-22-8-6-17/h5-8,10-12,18H,3-4,9,13-14H2,1-2H3,(H,23,25). The number of hydrogen-bond donors (Lipinski definition) is 1. The van der Waals surface area contributed by atoms with Gasteiger partial charge in [-0.25, -0.2) is 0 Å². The number of piperidine rings is 1. The normalized spacial score (nSPS) is 17.0. The fourth-order valence-corrected chi connectivity index (χ4v) is 3.49. The van der Waals surface area contributed by atoms with Gasteiger partial charge in [-0.2, -0.15) is 0 Å². The molecule has 2 amide bonds. The van der Waals surface area contributed by atoms with E-state index >= 15 is 0 Å². The van der Waals surface area contributed by atoms with Crippen molar-refractivity contribution in [2.24, 2.45) is 5.92 Å². The molecule has 1 fully saturated rings. The fraction of sp³-hybridized carbons (Fsp3) is 0.381. The molecule has 1 saturated heterocycles. The fourth-order valence-electron chi connectivity index (χ4n) is 3.49. The van der Waals surface area contributed by atoms with Gasteiger partial charge in [0.25, 0.3) is 5.91 Å². The number of amides is 2. The largest absolute Gasteiger partial charge is 0.352 e. The maximum atomic E-state index is 12.8. The van der Waals surface area contributed by atoms with E-state index in [1.54, 1.807) is 12.4 Å². The van der Waals surface area contributed by atoms with Crippen molar-refractivity contribution in [2.75, 3.05) is 13.1 Å². The molecule has 5 nitrogen and oxygen atoms in total. The lowest BCUT2D eigenvalue weighted by atomic mass is 9.96. The highest BCUT2D eigenvalue weighted by molar-refractivity contribution is 5.95. The molecule has 26 heavy (non-hydrogen) atoms. The number of aromatic nitrogens is 1. The van der Waals surface area contributed by atoms with Crippen LogP contribution in [0.1, 0.15) is 39.9 Å². The monoisotopic (exact) mass is 351 g/mol. The molecule has 0 aliphatic carbocycles. The zero-order chi connectivity index (χ0) is 18.5. The van der Waals surface area contributed by atoms with E-state index in [0.29, 0.717) is 25.2 Å². The van der Waals surface area contributed by atoms with Gasteiger partial charge in [-0.05, 0) is 56.5 Å². The molecular formula is C21H25N3O2. The Hall–Kier alpha value is -2.69. The number of aryl methyl sites for hydroxylation is 2. The molecule has 1 aliphatic heterocycles. The van der Waals surface area contributed by atoms with Crippen LogP contribution in [-0.4, -0.2) is 34.8 Å². The number of hydrogen-bond acceptors (Lipinski definition) is 3. The van der Waals surface area contributed by atoms with E-state index in [-0.39, 0.29) is 17.7 Å². The van der Waals surface area contributed by atoms with Crippen molar-refractivity contribution >= 4 is 11.8 Å². The lowest BCUT2D eigenvalue weighted by Gasteiger charge is -2.32. The molecule has 3 rings (SSSR count). The van der Waals surface area contributed by atoms with Crippen LogP contribution in [0.2, 0.25) is 0 Å². The minimum Gasteiger partial charge on any atom is -0.352 e. The third kappa shape index (κ3) is 4.48. The molecular weight excluding hydrogens is 326 g/mol. The van der Waals surface area contributed by atoms with Gasteiger partial charge in [0.05, 0.1) is 5.92 Å². The predicted octanol–water partition coefficient (Wildman–Crippen LogP) is 2.87. The average molecular weight is 351 g/mol. The van der Waals surface area contributed by atoms with Crippen LogP contribution in [0.3, 0.4) is 0 Å². The molecule has 1 N–H and O–H groups in total. The van der Waals surface area contributed by atoms with Crippen LogP contribution >= 0.6 is 0 Å². The number of likely N-dealkylation sites (tertiary alicyclic amines) is 1. The maximum absolute atomic E-state index is 12.8. The Balaban J connectivity index is 1.61. The van der Waals surface area contributed by atoms with E-state index in [1.165, 1.54) is 0 Å². The number of benzene rings is 1. The van der Waals surface area contributed by atoms with Gasteiger partial charge in [-0.3, -0.25) is 14.6 Å². The Morgan fingerprint density at radius 2 is 1.85 bits per heavy atom. The minimum atomic E-state index is -0.152. The summed E-state index contributed by atoms with van der Waals surface area (Å²) in [6.45, 7) is 5.67. The molecule has 0 spiro atoms. The molecule has 1 atom stereocenters. The third-order valence-electron chi connectivity index (χ3n) is 4.76. The van der Waals surface area contributed by atoms with Gasteiger partial charge >= 0.3 is 0 Å². The van der Waals surface area contributed by atoms with E-state index in [9.17, 15) is 9.59 Å². The summed E-state index contributed by atoms with van der Waals surface area (Å²) in [5.41, 5.74) is 3.89. The van der Waals surface area contributed by atoms with Crippen molar-refractivity contribution in [2.45, 2.75) is 33.2 Å². The summed E-state index contributed by atoms with van der Waals surface area (Å²) in [5.74, 6) is -0.122. The van der Waals surface area contributed by atoms with Crippen LogP contribution in [0, 0.1) is 19.8 Å². The second-order valence-corrected chi connectivity index (χ2v) is 7.04. The van der Waals surface area contributed by atoms with Crippen molar-refractivity contribution in [3.05, 3.63) is 65.0 Å². The van der Waals surface area contributed by atoms with Gasteiger partial charge in [0.2, 0.25) is 5.91 Å². The number of nitrogens with one attached hydrogen (secondary N) is 1. The van der Waals surface area contributed by atoms with Gasteiger partial charge in [0, 0.05) is 37.6 Å². The molecule has 2 aromatic rings. The van der Waals surface area contributed by atoms with Crippen LogP contribution in [0.5, 0.6) is 0 Å². The summed E-state index contributed by atoms with van der Waals surface area (Å²) >= 11 is 0. The summed E-state index contributed by atoms with van der Waals surface area (Å²) < 4.78 is 0. The van der Waals surface area contributed by atoms with E-state index in [2.05, 4.69) is 16.4 Å². The molecule has 1 aromatic heterocycles. The topological polar surface area (TPSA) is 62.3 Å². The number of rotatable bonds is 4. The molecule has 1 aliphatic rings. The Labute approximate surface area is 154 Å². The van der Waals surface area contributed by atoms with Gasteiger partial charge < -0.3 is 10.2 Å². The zero-order valence-corrected chi connectivity index (χ0v) is 15.4. The lowest BCUT2D eigenvalue weighted by molar-refractivity contribution is -0.126. The molecule has 1 unspecified atom stereocenters. The van der Waals surface area contributed by atoms with Gasteiger partial charge in [-0.15, -0.1) is 0 Å². The summed E-state index contributed by atoms with van der Waals surface area (Å²) in [4.78, 5) is 31.1. The molecule has 136 valence electrons. The summed E-state index contributed by atoms with van der Waals surface area (Å²) in [6, 6.07) is 9.67. The molecule has 5 heteroatoms. The van der Waals surface area contributed by atoms with Crippen LogP contribution < -0.4 is 5.32 Å². The second kappa shape index (κ2) is 8.13. The first-order valence-corrected chi connectivity index (χ1v) is 9.07. The summed E-state index contributed by atoms with van der Waals surface area (Å²) in [5, 5.41) is 2.98. The van der Waals surface area contributed by atoms with Crippen LogP contribution in [-0.2, 0) is 11.3 Å². The predicted molar refractivity (Wildman–Crippen MR) is 101 cm³/mol. The van der Waals surface area contributed by atoms with Crippen LogP contribution in [0.25, 0.3) is 0 Å². The number of nitrogens with zero attached hydrogens (tertiary/aromatic N) is 2. The van der Waals surface area contributed by atoms with Crippen molar-refractivity contribution in [1.29, 1.82) is 0 Å². The van der Waals surface area contributed by atoms with E-state index in [1.807, 2.05) is 43.0 Å². The van der Waals surface area contributed by atoms with Crippen molar-refractivity contribution in [1.82, 2.24) is 15.2 Å². The smallest absolute Gasteiger partial charge is 0.253 e. The minimum absolute atomic E-state index is 0.0136. The van der Waals surface area contributed by atoms with Crippen molar-refractivity contribution in [3.8, 4) is 0 Å². The van der Waals surface area contributed by atoms with Crippen molar-refractivity contribution in [3.63, 3.8) is 0 Å². The highest BCUT2D eigenvalue weighted by atomic mass is 16.2. The maximum Gasteiger partial charge on any atom is 0.253 e. The zero-order valence-electron chi connectivity index (χ0n) is 15.4. The summed E-state index contributed by atoms with van der Waals surface area (Å²) in [7, 11) is 0. The quantitative estimate of drug-likeness (QED) is 0.921. The number of carbonyl (C=O) groups is 2. The first-order chi connectivity index (χ1) is 12.5. The van der Waals surface area contributed by atoms with E-state index in [0.717, 1.165) is 29.5 Å². The highest BCUT2D eigenvalue weighted by Crippen LogP contribution is 2.20. The Bertz CT molecular complexity index is 769. The molecule has 1 aromatic carbocycles. The lowest BCUT2D eigenvalue weighted by Crippen LogP contribution is -2.45. The SMILES string of the molecule is Cc1cc(C)cc(C(=O)N2CCCC(C(=O)NCc3ccncc3)C2)c1. The Morgan fingerprint density at radius 3 is 2.54 bits per heavy atom. The van der Waals surface area contributed by atoms with Crippen LogP contribution in [0.15, 0.2) is 42.7 Å². The van der Waals surface area contributed by atoms with E-state index < -0.39 is 0 Å². The van der Waals surface area contributed by atoms with Gasteiger partial charge in [0.15, 0.2) is 0 Å². The Kier molecular flexibility index (Phi) is 5.66. The molecule has 0 saturated carbocycles. The number of carbonyl (C=O) groups excluding carboxylic acids is 2. The van der Waals surface area contributed by atoms with E-state index in [4.69, 9.17) is 0 Å². The molecule has 0 radical (unpaired) electrons. The third-order valence-corrected chi connectivity index (χ3v) is 4.76. The van der Waals surface area contributed by atoms with Gasteiger partial charge in [-0.1, -0.05) is 17.2 Å². The van der Waals surface area contributed by atoms with Gasteiger partial charge in [0.1, 0.15) is 0 Å². The average Bonchev–Trinajstić information content (AvgIpc) is 2.65.